The van der Waals surface area contributed by atoms with Crippen LogP contribution in [0.5, 0.6) is 0 Å². The van der Waals surface area contributed by atoms with Crippen LogP contribution in [0.15, 0.2) is 4.52 Å². The number of aromatic nitrogens is 2. The number of amides is 1. The molecule has 0 N–H and O–H groups in total. The summed E-state index contributed by atoms with van der Waals surface area (Å²) in [4.78, 5) is 23.3. The number of hydrogen-bond donors (Lipinski definition) is 0. The molecule has 0 aromatic carbocycles. The molecule has 1 aromatic heterocycles. The Morgan fingerprint density at radius 2 is 1.80 bits per heavy atom. The topological polar surface area (TPSA) is 65.7 Å². The summed E-state index contributed by atoms with van der Waals surface area (Å²) in [5.74, 6) is 1.65. The van der Waals surface area contributed by atoms with Gasteiger partial charge in [0.2, 0.25) is 11.8 Å². The molecular formula is C18H33N5O2. The van der Waals surface area contributed by atoms with E-state index in [4.69, 9.17) is 4.52 Å². The molecule has 1 aliphatic rings. The minimum Gasteiger partial charge on any atom is -0.342 e. The zero-order valence-corrected chi connectivity index (χ0v) is 16.6. The Morgan fingerprint density at radius 1 is 1.20 bits per heavy atom. The van der Waals surface area contributed by atoms with Crippen LogP contribution in [0.2, 0.25) is 0 Å². The summed E-state index contributed by atoms with van der Waals surface area (Å²) in [6, 6.07) is 0.101. The van der Waals surface area contributed by atoms with E-state index >= 15 is 0 Å². The van der Waals surface area contributed by atoms with Gasteiger partial charge in [0, 0.05) is 44.7 Å². The first-order chi connectivity index (χ1) is 11.8. The highest BCUT2D eigenvalue weighted by molar-refractivity contribution is 5.78. The molecule has 2 heterocycles. The largest absolute Gasteiger partial charge is 0.342 e. The molecule has 0 aliphatic carbocycles. The monoisotopic (exact) mass is 351 g/mol. The van der Waals surface area contributed by atoms with E-state index in [2.05, 4.69) is 47.6 Å². The number of piperazine rings is 1. The van der Waals surface area contributed by atoms with Gasteiger partial charge < -0.3 is 9.42 Å². The zero-order chi connectivity index (χ0) is 18.6. The molecular weight excluding hydrogens is 318 g/mol. The number of carbonyl (C=O) groups is 1. The molecule has 7 nitrogen and oxygen atoms in total. The van der Waals surface area contributed by atoms with Gasteiger partial charge in [0.05, 0.1) is 12.6 Å². The van der Waals surface area contributed by atoms with Crippen LogP contribution in [0.1, 0.15) is 59.3 Å². The van der Waals surface area contributed by atoms with Gasteiger partial charge in [-0.05, 0) is 20.8 Å². The third-order valence-corrected chi connectivity index (χ3v) is 4.90. The number of nitrogens with zero attached hydrogens (tertiary/aromatic N) is 5. The Hall–Kier alpha value is -1.47. The van der Waals surface area contributed by atoms with Gasteiger partial charge in [-0.15, -0.1) is 0 Å². The summed E-state index contributed by atoms with van der Waals surface area (Å²) >= 11 is 0. The van der Waals surface area contributed by atoms with Gasteiger partial charge in [-0.3, -0.25) is 14.6 Å². The second-order valence-corrected chi connectivity index (χ2v) is 7.76. The Morgan fingerprint density at radius 3 is 2.28 bits per heavy atom. The molecule has 0 bridgehead atoms. The average molecular weight is 351 g/mol. The van der Waals surface area contributed by atoms with E-state index < -0.39 is 0 Å². The SMILES string of the molecule is CCN(CC)C(=O)CN1CCN(C(C)c2nc(C(C)(C)C)no2)CC1. The zero-order valence-electron chi connectivity index (χ0n) is 16.6. The Kier molecular flexibility index (Phi) is 6.57. The molecule has 1 amide bonds. The Balaban J connectivity index is 1.87. The first-order valence-electron chi connectivity index (χ1n) is 9.34. The van der Waals surface area contributed by atoms with Crippen LogP contribution >= 0.6 is 0 Å². The molecule has 1 atom stereocenters. The van der Waals surface area contributed by atoms with Crippen molar-refractivity contribution in [2.45, 2.75) is 53.0 Å². The van der Waals surface area contributed by atoms with Crippen LogP contribution in [0.25, 0.3) is 0 Å². The third-order valence-electron chi connectivity index (χ3n) is 4.90. The Bertz CT molecular complexity index is 554. The third kappa shape index (κ3) is 5.01. The van der Waals surface area contributed by atoms with Crippen LogP contribution in [-0.4, -0.2) is 76.6 Å². The maximum absolute atomic E-state index is 12.2. The van der Waals surface area contributed by atoms with Gasteiger partial charge >= 0.3 is 0 Å². The molecule has 142 valence electrons. The fraction of sp³-hybridized carbons (Fsp3) is 0.833. The van der Waals surface area contributed by atoms with Crippen LogP contribution in [0.3, 0.4) is 0 Å². The lowest BCUT2D eigenvalue weighted by Gasteiger charge is -2.37. The lowest BCUT2D eigenvalue weighted by molar-refractivity contribution is -0.132. The van der Waals surface area contributed by atoms with Gasteiger partial charge in [-0.25, -0.2) is 0 Å². The van der Waals surface area contributed by atoms with Crippen LogP contribution in [0, 0.1) is 0 Å². The highest BCUT2D eigenvalue weighted by Gasteiger charge is 2.29. The van der Waals surface area contributed by atoms with Gasteiger partial charge in [0.1, 0.15) is 0 Å². The molecule has 1 aromatic rings. The average Bonchev–Trinajstić information content (AvgIpc) is 3.06. The summed E-state index contributed by atoms with van der Waals surface area (Å²) in [6.07, 6.45) is 0. The van der Waals surface area contributed by atoms with E-state index in [0.717, 1.165) is 45.1 Å². The van der Waals surface area contributed by atoms with Crippen molar-refractivity contribution in [2.75, 3.05) is 45.8 Å². The van der Waals surface area contributed by atoms with E-state index in [1.165, 1.54) is 0 Å². The second kappa shape index (κ2) is 8.27. The van der Waals surface area contributed by atoms with Crippen molar-refractivity contribution in [3.63, 3.8) is 0 Å². The lowest BCUT2D eigenvalue weighted by atomic mass is 9.96. The lowest BCUT2D eigenvalue weighted by Crippen LogP contribution is -2.50. The van der Waals surface area contributed by atoms with Gasteiger partial charge in [-0.2, -0.15) is 4.98 Å². The summed E-state index contributed by atoms with van der Waals surface area (Å²) in [6.45, 7) is 18.0. The predicted molar refractivity (Wildman–Crippen MR) is 97.4 cm³/mol. The molecule has 1 saturated heterocycles. The van der Waals surface area contributed by atoms with E-state index in [1.54, 1.807) is 0 Å². The highest BCUT2D eigenvalue weighted by Crippen LogP contribution is 2.24. The van der Waals surface area contributed by atoms with Crippen molar-refractivity contribution in [1.29, 1.82) is 0 Å². The van der Waals surface area contributed by atoms with E-state index in [-0.39, 0.29) is 17.4 Å². The second-order valence-electron chi connectivity index (χ2n) is 7.76. The summed E-state index contributed by atoms with van der Waals surface area (Å²) in [7, 11) is 0. The number of rotatable bonds is 6. The first-order valence-corrected chi connectivity index (χ1v) is 9.34. The summed E-state index contributed by atoms with van der Waals surface area (Å²) < 4.78 is 5.48. The summed E-state index contributed by atoms with van der Waals surface area (Å²) in [5, 5.41) is 4.12. The van der Waals surface area contributed by atoms with Crippen LogP contribution in [0.4, 0.5) is 0 Å². The predicted octanol–water partition coefficient (Wildman–Crippen LogP) is 1.91. The molecule has 0 radical (unpaired) electrons. The molecule has 25 heavy (non-hydrogen) atoms. The van der Waals surface area contributed by atoms with Crippen molar-refractivity contribution in [3.05, 3.63) is 11.7 Å². The molecule has 1 unspecified atom stereocenters. The fourth-order valence-electron chi connectivity index (χ4n) is 3.04. The van der Waals surface area contributed by atoms with E-state index in [9.17, 15) is 4.79 Å². The normalized spacial score (nSPS) is 18.3. The maximum Gasteiger partial charge on any atom is 0.243 e. The molecule has 1 fully saturated rings. The molecule has 7 heteroatoms. The summed E-state index contributed by atoms with van der Waals surface area (Å²) in [5.41, 5.74) is -0.106. The number of hydrogen-bond acceptors (Lipinski definition) is 6. The van der Waals surface area contributed by atoms with Crippen LogP contribution in [-0.2, 0) is 10.2 Å². The van der Waals surface area contributed by atoms with Crippen molar-refractivity contribution in [1.82, 2.24) is 24.8 Å². The van der Waals surface area contributed by atoms with E-state index in [1.807, 2.05) is 18.7 Å². The molecule has 0 saturated carbocycles. The standard InChI is InChI=1S/C18H33N5O2/c1-7-22(8-2)15(24)13-21-9-11-23(12-10-21)14(3)16-19-17(20-25-16)18(4,5)6/h14H,7-13H2,1-6H3. The number of likely N-dealkylation sites (N-methyl/N-ethyl adjacent to an activating group) is 1. The minimum atomic E-state index is -0.106. The van der Waals surface area contributed by atoms with E-state index in [0.29, 0.717) is 12.4 Å². The smallest absolute Gasteiger partial charge is 0.243 e. The van der Waals surface area contributed by atoms with Gasteiger partial charge in [0.25, 0.3) is 0 Å². The molecule has 0 spiro atoms. The van der Waals surface area contributed by atoms with Crippen molar-refractivity contribution < 1.29 is 9.32 Å². The molecule has 1 aliphatic heterocycles. The van der Waals surface area contributed by atoms with Crippen molar-refractivity contribution in [2.24, 2.45) is 0 Å². The maximum atomic E-state index is 12.2. The van der Waals surface area contributed by atoms with Crippen LogP contribution < -0.4 is 0 Å². The van der Waals surface area contributed by atoms with Crippen molar-refractivity contribution >= 4 is 5.91 Å². The first kappa shape index (κ1) is 19.8. The van der Waals surface area contributed by atoms with Gasteiger partial charge in [-0.1, -0.05) is 25.9 Å². The fourth-order valence-corrected chi connectivity index (χ4v) is 3.04. The quantitative estimate of drug-likeness (QED) is 0.780. The minimum absolute atomic E-state index is 0.101. The number of carbonyl (C=O) groups excluding carboxylic acids is 1. The molecule has 2 rings (SSSR count). The van der Waals surface area contributed by atoms with Gasteiger partial charge in [0.15, 0.2) is 5.82 Å². The Labute approximate surface area is 151 Å². The van der Waals surface area contributed by atoms with Crippen molar-refractivity contribution in [3.8, 4) is 0 Å². The highest BCUT2D eigenvalue weighted by atomic mass is 16.5.